The molecule has 1 N–H and O–H groups in total. The average molecular weight is 279 g/mol. The van der Waals surface area contributed by atoms with Gasteiger partial charge < -0.3 is 10.1 Å². The van der Waals surface area contributed by atoms with Crippen molar-refractivity contribution < 1.29 is 9.66 Å². The van der Waals surface area contributed by atoms with E-state index in [-0.39, 0.29) is 11.7 Å². The van der Waals surface area contributed by atoms with Crippen molar-refractivity contribution >= 4 is 11.5 Å². The van der Waals surface area contributed by atoms with Gasteiger partial charge in [-0.1, -0.05) is 13.3 Å². The van der Waals surface area contributed by atoms with Gasteiger partial charge in [-0.15, -0.1) is 0 Å². The fraction of sp³-hybridized carbons (Fsp3) is 0.643. The molecule has 0 aliphatic heterocycles. The summed E-state index contributed by atoms with van der Waals surface area (Å²) >= 11 is 0. The molecule has 0 radical (unpaired) electrons. The second kappa shape index (κ2) is 6.54. The van der Waals surface area contributed by atoms with Gasteiger partial charge in [-0.3, -0.25) is 10.1 Å². The number of hydrogen-bond donors (Lipinski definition) is 1. The molecule has 0 saturated heterocycles. The van der Waals surface area contributed by atoms with Crippen molar-refractivity contribution in [3.63, 3.8) is 0 Å². The van der Waals surface area contributed by atoms with Gasteiger partial charge in [0.1, 0.15) is 0 Å². The topological polar surface area (TPSA) is 77.3 Å². The first-order valence-electron chi connectivity index (χ1n) is 7.10. The molecule has 1 aliphatic rings. The fourth-order valence-corrected chi connectivity index (χ4v) is 2.71. The second-order valence-electron chi connectivity index (χ2n) is 5.25. The Hall–Kier alpha value is -1.85. The van der Waals surface area contributed by atoms with Crippen LogP contribution in [0.5, 0.6) is 5.88 Å². The Morgan fingerprint density at radius 1 is 1.40 bits per heavy atom. The van der Waals surface area contributed by atoms with E-state index in [1.54, 1.807) is 0 Å². The van der Waals surface area contributed by atoms with E-state index in [4.69, 9.17) is 4.74 Å². The Labute approximate surface area is 118 Å². The lowest BCUT2D eigenvalue weighted by Crippen LogP contribution is -2.26. The quantitative estimate of drug-likeness (QED) is 0.660. The summed E-state index contributed by atoms with van der Waals surface area (Å²) in [6.45, 7) is 2.22. The van der Waals surface area contributed by atoms with Crippen LogP contribution in [0, 0.1) is 16.0 Å². The highest BCUT2D eigenvalue weighted by Gasteiger charge is 2.23. The molecule has 0 spiro atoms. The number of hydrogen-bond acceptors (Lipinski definition) is 5. The molecule has 0 amide bonds. The van der Waals surface area contributed by atoms with Gasteiger partial charge in [0.15, 0.2) is 0 Å². The van der Waals surface area contributed by atoms with Gasteiger partial charge in [0.25, 0.3) is 0 Å². The van der Waals surface area contributed by atoms with Crippen molar-refractivity contribution in [1.29, 1.82) is 0 Å². The van der Waals surface area contributed by atoms with Crippen LogP contribution in [-0.4, -0.2) is 23.1 Å². The number of pyridine rings is 1. The number of rotatable bonds is 5. The van der Waals surface area contributed by atoms with E-state index >= 15 is 0 Å². The van der Waals surface area contributed by atoms with Crippen LogP contribution in [0.3, 0.4) is 0 Å². The lowest BCUT2D eigenvalue weighted by Gasteiger charge is -2.28. The number of ether oxygens (including phenoxy) is 1. The molecular formula is C14H21N3O3. The monoisotopic (exact) mass is 279 g/mol. The molecule has 1 aliphatic carbocycles. The van der Waals surface area contributed by atoms with Gasteiger partial charge in [-0.05, 0) is 31.6 Å². The summed E-state index contributed by atoms with van der Waals surface area (Å²) in [4.78, 5) is 14.8. The standard InChI is InChI=1S/C14H21N3O3/c1-3-10-4-6-11(7-5-10)15-14-12(17(18)19)8-9-13(16-14)20-2/h8-11H,3-7H2,1-2H3,(H,15,16). The number of nitrogens with one attached hydrogen (secondary N) is 1. The summed E-state index contributed by atoms with van der Waals surface area (Å²) in [6, 6.07) is 3.21. The smallest absolute Gasteiger partial charge is 0.311 e. The fourth-order valence-electron chi connectivity index (χ4n) is 2.71. The van der Waals surface area contributed by atoms with E-state index in [1.165, 1.54) is 38.5 Å². The molecule has 0 atom stereocenters. The normalized spacial score (nSPS) is 22.3. The summed E-state index contributed by atoms with van der Waals surface area (Å²) in [5.41, 5.74) is 0.00316. The Morgan fingerprint density at radius 3 is 2.65 bits per heavy atom. The Morgan fingerprint density at radius 2 is 2.10 bits per heavy atom. The largest absolute Gasteiger partial charge is 0.481 e. The van der Waals surface area contributed by atoms with E-state index in [2.05, 4.69) is 17.2 Å². The van der Waals surface area contributed by atoms with E-state index in [0.717, 1.165) is 18.8 Å². The SMILES string of the molecule is CCC1CCC(Nc2nc(OC)ccc2[N+](=O)[O-])CC1. The van der Waals surface area contributed by atoms with Crippen LogP contribution >= 0.6 is 0 Å². The predicted octanol–water partition coefficient (Wildman–Crippen LogP) is 3.38. The Balaban J connectivity index is 2.09. The molecule has 1 heterocycles. The van der Waals surface area contributed by atoms with Crippen molar-refractivity contribution in [1.82, 2.24) is 4.98 Å². The first-order chi connectivity index (χ1) is 9.63. The molecule has 0 aromatic carbocycles. The zero-order chi connectivity index (χ0) is 14.5. The molecule has 110 valence electrons. The summed E-state index contributed by atoms with van der Waals surface area (Å²) in [5.74, 6) is 1.50. The van der Waals surface area contributed by atoms with Gasteiger partial charge in [-0.2, -0.15) is 4.98 Å². The molecular weight excluding hydrogens is 258 g/mol. The number of anilines is 1. The average Bonchev–Trinajstić information content (AvgIpc) is 2.47. The molecule has 1 aromatic rings. The Bertz CT molecular complexity index is 471. The van der Waals surface area contributed by atoms with Gasteiger partial charge in [0.05, 0.1) is 12.0 Å². The maximum atomic E-state index is 11.0. The molecule has 0 bridgehead atoms. The highest BCUT2D eigenvalue weighted by Crippen LogP contribution is 2.31. The third kappa shape index (κ3) is 3.37. The first-order valence-corrected chi connectivity index (χ1v) is 7.10. The van der Waals surface area contributed by atoms with Crippen LogP contribution in [0.25, 0.3) is 0 Å². The van der Waals surface area contributed by atoms with E-state index in [0.29, 0.717) is 11.7 Å². The summed E-state index contributed by atoms with van der Waals surface area (Å²) in [5, 5.41) is 14.3. The highest BCUT2D eigenvalue weighted by molar-refractivity contribution is 5.57. The summed E-state index contributed by atoms with van der Waals surface area (Å²) in [7, 11) is 1.50. The number of methoxy groups -OCH3 is 1. The minimum Gasteiger partial charge on any atom is -0.481 e. The minimum atomic E-state index is -0.410. The lowest BCUT2D eigenvalue weighted by atomic mass is 9.84. The van der Waals surface area contributed by atoms with E-state index < -0.39 is 4.92 Å². The van der Waals surface area contributed by atoms with Crippen molar-refractivity contribution in [2.45, 2.75) is 45.1 Å². The lowest BCUT2D eigenvalue weighted by molar-refractivity contribution is -0.384. The third-order valence-corrected chi connectivity index (χ3v) is 4.02. The van der Waals surface area contributed by atoms with Crippen LogP contribution in [0.1, 0.15) is 39.0 Å². The van der Waals surface area contributed by atoms with Crippen molar-refractivity contribution in [2.75, 3.05) is 12.4 Å². The predicted molar refractivity (Wildman–Crippen MR) is 77.1 cm³/mol. The van der Waals surface area contributed by atoms with Gasteiger partial charge in [0.2, 0.25) is 11.7 Å². The van der Waals surface area contributed by atoms with Crippen molar-refractivity contribution in [3.8, 4) is 5.88 Å². The molecule has 2 rings (SSSR count). The van der Waals surface area contributed by atoms with Crippen molar-refractivity contribution in [2.24, 2.45) is 5.92 Å². The summed E-state index contributed by atoms with van der Waals surface area (Å²) in [6.07, 6.45) is 5.63. The summed E-state index contributed by atoms with van der Waals surface area (Å²) < 4.78 is 5.04. The molecule has 6 nitrogen and oxygen atoms in total. The third-order valence-electron chi connectivity index (χ3n) is 4.02. The van der Waals surface area contributed by atoms with Crippen LogP contribution < -0.4 is 10.1 Å². The molecule has 20 heavy (non-hydrogen) atoms. The van der Waals surface area contributed by atoms with Crippen molar-refractivity contribution in [3.05, 3.63) is 22.2 Å². The van der Waals surface area contributed by atoms with Crippen LogP contribution in [0.2, 0.25) is 0 Å². The number of nitrogens with zero attached hydrogens (tertiary/aromatic N) is 2. The number of aromatic nitrogens is 1. The van der Waals surface area contributed by atoms with Crippen LogP contribution in [0.15, 0.2) is 12.1 Å². The van der Waals surface area contributed by atoms with E-state index in [9.17, 15) is 10.1 Å². The van der Waals surface area contributed by atoms with Gasteiger partial charge in [0, 0.05) is 18.2 Å². The highest BCUT2D eigenvalue weighted by atomic mass is 16.6. The molecule has 1 aromatic heterocycles. The molecule has 0 unspecified atom stereocenters. The maximum absolute atomic E-state index is 11.0. The minimum absolute atomic E-state index is 0.00316. The first kappa shape index (κ1) is 14.6. The molecule has 1 fully saturated rings. The van der Waals surface area contributed by atoms with Crippen LogP contribution in [-0.2, 0) is 0 Å². The maximum Gasteiger partial charge on any atom is 0.311 e. The second-order valence-corrected chi connectivity index (χ2v) is 5.25. The number of nitro groups is 1. The van der Waals surface area contributed by atoms with Crippen LogP contribution in [0.4, 0.5) is 11.5 Å². The van der Waals surface area contributed by atoms with Gasteiger partial charge >= 0.3 is 5.69 Å². The molecule has 1 saturated carbocycles. The molecule has 6 heteroatoms. The Kier molecular flexibility index (Phi) is 4.76. The zero-order valence-corrected chi connectivity index (χ0v) is 12.0. The van der Waals surface area contributed by atoms with Gasteiger partial charge in [-0.25, -0.2) is 0 Å². The van der Waals surface area contributed by atoms with E-state index in [1.807, 2.05) is 0 Å². The zero-order valence-electron chi connectivity index (χ0n) is 12.0.